The van der Waals surface area contributed by atoms with Crippen molar-refractivity contribution in [3.05, 3.63) is 35.9 Å². The summed E-state index contributed by atoms with van der Waals surface area (Å²) in [6.45, 7) is 0.480. The van der Waals surface area contributed by atoms with Gasteiger partial charge in [0.25, 0.3) is 0 Å². The molecule has 2 fully saturated rings. The van der Waals surface area contributed by atoms with E-state index in [0.717, 1.165) is 37.7 Å². The van der Waals surface area contributed by atoms with E-state index in [4.69, 9.17) is 1.37 Å². The summed E-state index contributed by atoms with van der Waals surface area (Å²) >= 11 is 0. The molecule has 5 nitrogen and oxygen atoms in total. The number of amides is 1. The third-order valence-corrected chi connectivity index (χ3v) is 5.24. The van der Waals surface area contributed by atoms with E-state index in [9.17, 15) is 14.7 Å². The third-order valence-electron chi connectivity index (χ3n) is 5.24. The fourth-order valence-electron chi connectivity index (χ4n) is 3.91. The fraction of sp³-hybridized carbons (Fsp3) is 0.600. The lowest BCUT2D eigenvalue weighted by Crippen LogP contribution is -2.53. The van der Waals surface area contributed by atoms with E-state index in [1.165, 1.54) is 4.90 Å². The van der Waals surface area contributed by atoms with Gasteiger partial charge in [-0.05, 0) is 37.7 Å². The molecule has 0 aromatic heterocycles. The topological polar surface area (TPSA) is 69.6 Å². The number of aliphatic carboxylic acids is 1. The van der Waals surface area contributed by atoms with Crippen LogP contribution in [0.1, 0.15) is 51.9 Å². The van der Waals surface area contributed by atoms with Crippen molar-refractivity contribution >= 4 is 11.9 Å². The second-order valence-corrected chi connectivity index (χ2v) is 7.08. The molecule has 0 unspecified atom stereocenters. The van der Waals surface area contributed by atoms with Crippen molar-refractivity contribution in [3.63, 3.8) is 0 Å². The molecule has 2 N–H and O–H groups in total. The SMILES string of the molecule is [2H]C1(N[C@@H](Cc2ccccc2)C(=O)N2CCC[C@H]2C(=O)O)CCCCC1. The van der Waals surface area contributed by atoms with Crippen molar-refractivity contribution in [1.82, 2.24) is 10.2 Å². The molecule has 1 saturated carbocycles. The minimum absolute atomic E-state index is 0.184. The quantitative estimate of drug-likeness (QED) is 0.831. The molecule has 0 spiro atoms. The maximum atomic E-state index is 13.2. The molecule has 1 amide bonds. The number of nitrogens with one attached hydrogen (secondary N) is 1. The molecule has 1 aliphatic heterocycles. The largest absolute Gasteiger partial charge is 0.480 e. The molecule has 1 heterocycles. The van der Waals surface area contributed by atoms with E-state index >= 15 is 0 Å². The summed E-state index contributed by atoms with van der Waals surface area (Å²) in [5.74, 6) is -1.12. The summed E-state index contributed by atoms with van der Waals surface area (Å²) in [6.07, 6.45) is 6.27. The number of carbonyl (C=O) groups is 2. The summed E-state index contributed by atoms with van der Waals surface area (Å²) in [7, 11) is 0. The lowest BCUT2D eigenvalue weighted by molar-refractivity contribution is -0.149. The van der Waals surface area contributed by atoms with Crippen LogP contribution in [0.2, 0.25) is 0 Å². The van der Waals surface area contributed by atoms with Crippen LogP contribution in [0.4, 0.5) is 0 Å². The first-order chi connectivity index (χ1) is 12.5. The van der Waals surface area contributed by atoms with E-state index in [2.05, 4.69) is 5.32 Å². The molecule has 3 rings (SSSR count). The first-order valence-electron chi connectivity index (χ1n) is 9.83. The average Bonchev–Trinajstić information content (AvgIpc) is 3.12. The Morgan fingerprint density at radius 3 is 2.56 bits per heavy atom. The number of rotatable bonds is 6. The Bertz CT molecular complexity index is 631. The molecular weight excluding hydrogens is 316 g/mol. The average molecular weight is 345 g/mol. The predicted octanol–water partition coefficient (Wildman–Crippen LogP) is 2.60. The van der Waals surface area contributed by atoms with Crippen molar-refractivity contribution in [2.75, 3.05) is 6.54 Å². The number of carboxylic acid groups (broad SMARTS) is 1. The van der Waals surface area contributed by atoms with Crippen LogP contribution in [0.15, 0.2) is 30.3 Å². The van der Waals surface area contributed by atoms with Gasteiger partial charge < -0.3 is 15.3 Å². The highest BCUT2D eigenvalue weighted by Gasteiger charge is 2.37. The van der Waals surface area contributed by atoms with Gasteiger partial charge in [0.05, 0.1) is 6.04 Å². The number of nitrogens with zero attached hydrogens (tertiary/aromatic N) is 1. The van der Waals surface area contributed by atoms with Crippen LogP contribution in [-0.2, 0) is 16.0 Å². The predicted molar refractivity (Wildman–Crippen MR) is 96.3 cm³/mol. The lowest BCUT2D eigenvalue weighted by atomic mass is 9.93. The number of carbonyl (C=O) groups excluding carboxylic acids is 1. The van der Waals surface area contributed by atoms with Gasteiger partial charge in [-0.2, -0.15) is 0 Å². The van der Waals surface area contributed by atoms with Crippen LogP contribution in [0.25, 0.3) is 0 Å². The Morgan fingerprint density at radius 1 is 1.16 bits per heavy atom. The first kappa shape index (κ1) is 16.6. The molecule has 0 bridgehead atoms. The zero-order valence-electron chi connectivity index (χ0n) is 15.6. The molecule has 1 aromatic rings. The summed E-state index contributed by atoms with van der Waals surface area (Å²) < 4.78 is 8.72. The van der Waals surface area contributed by atoms with Gasteiger partial charge in [0.1, 0.15) is 6.04 Å². The van der Waals surface area contributed by atoms with E-state index in [-0.39, 0.29) is 5.91 Å². The molecule has 0 radical (unpaired) electrons. The zero-order chi connectivity index (χ0) is 18.6. The van der Waals surface area contributed by atoms with Crippen molar-refractivity contribution in [3.8, 4) is 0 Å². The normalized spacial score (nSPS) is 24.6. The van der Waals surface area contributed by atoms with Gasteiger partial charge in [0.15, 0.2) is 0 Å². The Balaban J connectivity index is 1.79. The van der Waals surface area contributed by atoms with Crippen LogP contribution in [0.5, 0.6) is 0 Å². The molecule has 5 heteroatoms. The van der Waals surface area contributed by atoms with E-state index in [1.807, 2.05) is 30.3 Å². The van der Waals surface area contributed by atoms with Crippen molar-refractivity contribution < 1.29 is 16.1 Å². The lowest BCUT2D eigenvalue weighted by Gasteiger charge is -2.32. The maximum absolute atomic E-state index is 13.2. The van der Waals surface area contributed by atoms with E-state index in [0.29, 0.717) is 25.8 Å². The summed E-state index contributed by atoms with van der Waals surface area (Å²) in [5, 5.41) is 12.7. The first-order valence-corrected chi connectivity index (χ1v) is 9.33. The van der Waals surface area contributed by atoms with Gasteiger partial charge >= 0.3 is 5.97 Å². The number of benzene rings is 1. The fourth-order valence-corrected chi connectivity index (χ4v) is 3.91. The number of hydrogen-bond donors (Lipinski definition) is 2. The second-order valence-electron chi connectivity index (χ2n) is 7.08. The molecule has 2 aliphatic rings. The molecular formula is C20H28N2O3. The second kappa shape index (κ2) is 8.48. The Kier molecular flexibility index (Phi) is 5.62. The highest BCUT2D eigenvalue weighted by molar-refractivity contribution is 5.87. The van der Waals surface area contributed by atoms with Crippen LogP contribution in [0, 0.1) is 0 Å². The smallest absolute Gasteiger partial charge is 0.326 e. The Hall–Kier alpha value is -1.88. The number of hydrogen-bond acceptors (Lipinski definition) is 3. The van der Waals surface area contributed by atoms with Crippen LogP contribution in [-0.4, -0.2) is 46.5 Å². The molecule has 2 atom stereocenters. The Labute approximate surface area is 150 Å². The van der Waals surface area contributed by atoms with Gasteiger partial charge in [-0.15, -0.1) is 0 Å². The van der Waals surface area contributed by atoms with E-state index in [1.54, 1.807) is 0 Å². The van der Waals surface area contributed by atoms with Crippen LogP contribution in [0.3, 0.4) is 0 Å². The summed E-state index contributed by atoms with van der Waals surface area (Å²) in [5.41, 5.74) is 1.02. The molecule has 1 saturated heterocycles. The third kappa shape index (κ3) is 4.60. The van der Waals surface area contributed by atoms with Gasteiger partial charge in [-0.25, -0.2) is 4.79 Å². The summed E-state index contributed by atoms with van der Waals surface area (Å²) in [4.78, 5) is 26.2. The van der Waals surface area contributed by atoms with Crippen molar-refractivity contribution in [1.29, 1.82) is 0 Å². The minimum Gasteiger partial charge on any atom is -0.480 e. The zero-order valence-corrected chi connectivity index (χ0v) is 14.6. The Morgan fingerprint density at radius 2 is 1.88 bits per heavy atom. The monoisotopic (exact) mass is 345 g/mol. The number of likely N-dealkylation sites (tertiary alicyclic amines) is 1. The highest BCUT2D eigenvalue weighted by Crippen LogP contribution is 2.22. The van der Waals surface area contributed by atoms with Gasteiger partial charge in [-0.1, -0.05) is 49.6 Å². The standard InChI is InChI=1S/C20H28N2O3/c23-19(22-13-7-12-18(22)20(24)25)17(14-15-8-3-1-4-9-15)21-16-10-5-2-6-11-16/h1,3-4,8-9,16-18,21H,2,5-7,10-14H2,(H,24,25)/t17-,18-/m0/s1/i16D. The number of carboxylic acids is 1. The highest BCUT2D eigenvalue weighted by atomic mass is 16.4. The van der Waals surface area contributed by atoms with Gasteiger partial charge in [0.2, 0.25) is 5.91 Å². The molecule has 136 valence electrons. The maximum Gasteiger partial charge on any atom is 0.326 e. The van der Waals surface area contributed by atoms with Crippen LogP contribution >= 0.6 is 0 Å². The van der Waals surface area contributed by atoms with E-state index < -0.39 is 24.1 Å². The van der Waals surface area contributed by atoms with Crippen molar-refractivity contribution in [2.24, 2.45) is 0 Å². The van der Waals surface area contributed by atoms with Gasteiger partial charge in [-0.3, -0.25) is 4.79 Å². The van der Waals surface area contributed by atoms with Crippen LogP contribution < -0.4 is 5.32 Å². The van der Waals surface area contributed by atoms with Crippen molar-refractivity contribution in [2.45, 2.75) is 69.5 Å². The summed E-state index contributed by atoms with van der Waals surface area (Å²) in [6, 6.07) is 7.64. The molecule has 25 heavy (non-hydrogen) atoms. The minimum atomic E-state index is -0.937. The molecule has 1 aromatic carbocycles. The molecule has 1 aliphatic carbocycles. The van der Waals surface area contributed by atoms with Gasteiger partial charge in [0, 0.05) is 13.9 Å².